The summed E-state index contributed by atoms with van der Waals surface area (Å²) in [5.41, 5.74) is 0.880. The highest BCUT2D eigenvalue weighted by molar-refractivity contribution is 5.86. The van der Waals surface area contributed by atoms with Gasteiger partial charge in [-0.05, 0) is 70.7 Å². The van der Waals surface area contributed by atoms with Crippen LogP contribution in [-0.4, -0.2) is 34.8 Å². The molecule has 1 saturated carbocycles. The minimum absolute atomic E-state index is 0.182. The van der Waals surface area contributed by atoms with Crippen molar-refractivity contribution in [2.45, 2.75) is 91.8 Å². The van der Waals surface area contributed by atoms with Crippen LogP contribution in [0.1, 0.15) is 77.8 Å². The molecule has 1 aliphatic heterocycles. The molecule has 1 fully saturated rings. The van der Waals surface area contributed by atoms with Crippen LogP contribution in [0.25, 0.3) is 0 Å². The van der Waals surface area contributed by atoms with E-state index in [0.717, 1.165) is 47.5 Å². The number of aromatic hydroxyl groups is 1. The van der Waals surface area contributed by atoms with Crippen molar-refractivity contribution in [2.75, 3.05) is 7.11 Å². The number of benzene rings is 1. The number of ether oxygens (including phenoxy) is 2. The number of methoxy groups -OCH3 is 1. The van der Waals surface area contributed by atoms with Crippen molar-refractivity contribution in [1.29, 1.82) is 0 Å². The van der Waals surface area contributed by atoms with Gasteiger partial charge in [-0.25, -0.2) is 0 Å². The summed E-state index contributed by atoms with van der Waals surface area (Å²) >= 11 is 0. The number of aryl methyl sites for hydroxylation is 1. The summed E-state index contributed by atoms with van der Waals surface area (Å²) in [4.78, 5) is 13.3. The fourth-order valence-corrected chi connectivity index (χ4v) is 5.28. The van der Waals surface area contributed by atoms with Crippen molar-refractivity contribution in [3.63, 3.8) is 0 Å². The standard InChI is InChI=1S/C28H40O5/c1-18(9-10-20-15-21(32-7)14-19(2)25(20)30)13-22-17-27(5)11-8-12-28(27,6)23(29)16-24(33-22)26(3,4)31/h9,14-15,17,24,30-31H,8,10-13,16H2,1-7H3/b18-9+,22-17-/t24-,27+,28-/m0/s1. The van der Waals surface area contributed by atoms with Crippen molar-refractivity contribution in [2.24, 2.45) is 10.8 Å². The molecule has 5 nitrogen and oxygen atoms in total. The number of aliphatic hydroxyl groups is 1. The van der Waals surface area contributed by atoms with Gasteiger partial charge in [0.2, 0.25) is 0 Å². The Morgan fingerprint density at radius 3 is 2.64 bits per heavy atom. The Labute approximate surface area is 198 Å². The smallest absolute Gasteiger partial charge is 0.143 e. The number of carbonyl (C=O) groups excluding carboxylic acids is 1. The van der Waals surface area contributed by atoms with Gasteiger partial charge in [0, 0.05) is 29.2 Å². The number of ketones is 1. The third-order valence-electron chi connectivity index (χ3n) is 7.89. The molecule has 0 spiro atoms. The van der Waals surface area contributed by atoms with Crippen LogP contribution in [0.3, 0.4) is 0 Å². The first-order valence-electron chi connectivity index (χ1n) is 12.0. The van der Waals surface area contributed by atoms with E-state index in [4.69, 9.17) is 9.47 Å². The molecular formula is C28H40O5. The topological polar surface area (TPSA) is 76.0 Å². The lowest BCUT2D eigenvalue weighted by atomic mass is 9.63. The average molecular weight is 457 g/mol. The maximum atomic E-state index is 13.3. The van der Waals surface area contributed by atoms with Gasteiger partial charge in [-0.15, -0.1) is 0 Å². The molecule has 0 radical (unpaired) electrons. The lowest BCUT2D eigenvalue weighted by Gasteiger charge is -2.43. The summed E-state index contributed by atoms with van der Waals surface area (Å²) in [5.74, 6) is 2.01. The second kappa shape index (κ2) is 9.17. The average Bonchev–Trinajstić information content (AvgIpc) is 3.01. The van der Waals surface area contributed by atoms with Crippen molar-refractivity contribution in [3.05, 3.63) is 46.7 Å². The fraction of sp³-hybridized carbons (Fsp3) is 0.607. The first kappa shape index (κ1) is 25.4. The molecule has 2 aliphatic rings. The zero-order valence-corrected chi connectivity index (χ0v) is 21.2. The third kappa shape index (κ3) is 5.13. The van der Waals surface area contributed by atoms with Crippen LogP contribution in [0.5, 0.6) is 11.5 Å². The van der Waals surface area contributed by atoms with E-state index >= 15 is 0 Å². The van der Waals surface area contributed by atoms with Gasteiger partial charge in [-0.1, -0.05) is 31.9 Å². The van der Waals surface area contributed by atoms with Gasteiger partial charge >= 0.3 is 0 Å². The fourth-order valence-electron chi connectivity index (χ4n) is 5.28. The zero-order chi connectivity index (χ0) is 24.6. The molecular weight excluding hydrogens is 416 g/mol. The molecule has 1 aliphatic carbocycles. The van der Waals surface area contributed by atoms with Gasteiger partial charge in [0.1, 0.15) is 23.4 Å². The Morgan fingerprint density at radius 1 is 1.30 bits per heavy atom. The predicted octanol–water partition coefficient (Wildman–Crippen LogP) is 5.80. The second-order valence-corrected chi connectivity index (χ2v) is 11.0. The normalized spacial score (nSPS) is 30.1. The molecule has 3 rings (SSSR count). The van der Waals surface area contributed by atoms with Crippen molar-refractivity contribution in [3.8, 4) is 11.5 Å². The van der Waals surface area contributed by atoms with E-state index in [1.807, 2.05) is 26.0 Å². The molecule has 0 saturated heterocycles. The Kier molecular flexibility index (Phi) is 7.05. The number of Topliss-reactive ketones (excluding diaryl/α,β-unsaturated/α-hetero) is 1. The largest absolute Gasteiger partial charge is 0.507 e. The molecule has 1 aromatic carbocycles. The minimum atomic E-state index is -1.13. The zero-order valence-electron chi connectivity index (χ0n) is 21.2. The lowest BCUT2D eigenvalue weighted by Crippen LogP contribution is -2.47. The predicted molar refractivity (Wildman–Crippen MR) is 130 cm³/mol. The number of rotatable bonds is 6. The molecule has 0 bridgehead atoms. The minimum Gasteiger partial charge on any atom is -0.507 e. The first-order valence-corrected chi connectivity index (χ1v) is 12.0. The van der Waals surface area contributed by atoms with Gasteiger partial charge in [-0.2, -0.15) is 0 Å². The molecule has 3 atom stereocenters. The van der Waals surface area contributed by atoms with Crippen LogP contribution in [0.4, 0.5) is 0 Å². The Bertz CT molecular complexity index is 967. The van der Waals surface area contributed by atoms with E-state index in [2.05, 4.69) is 26.0 Å². The van der Waals surface area contributed by atoms with Crippen LogP contribution in [0, 0.1) is 17.8 Å². The van der Waals surface area contributed by atoms with Crippen LogP contribution in [-0.2, 0) is 16.0 Å². The highest BCUT2D eigenvalue weighted by Gasteiger charge is 2.54. The van der Waals surface area contributed by atoms with Gasteiger partial charge in [-0.3, -0.25) is 4.79 Å². The number of allylic oxidation sites excluding steroid dienone is 3. The summed E-state index contributed by atoms with van der Waals surface area (Å²) < 4.78 is 11.7. The van der Waals surface area contributed by atoms with Crippen molar-refractivity contribution in [1.82, 2.24) is 0 Å². The van der Waals surface area contributed by atoms with Crippen LogP contribution in [0.2, 0.25) is 0 Å². The SMILES string of the molecule is COc1cc(C)c(O)c(C/C=C(\C)C/C2=C/[C@@]3(C)CCC[C@@]3(C)C(=O)C[C@@H](C(C)(C)O)O2)c1. The van der Waals surface area contributed by atoms with Gasteiger partial charge in [0.25, 0.3) is 0 Å². The summed E-state index contributed by atoms with van der Waals surface area (Å²) in [7, 11) is 1.62. The lowest BCUT2D eigenvalue weighted by molar-refractivity contribution is -0.141. The van der Waals surface area contributed by atoms with Gasteiger partial charge in [0.05, 0.1) is 18.5 Å². The van der Waals surface area contributed by atoms with Gasteiger partial charge < -0.3 is 19.7 Å². The molecule has 0 unspecified atom stereocenters. The van der Waals surface area contributed by atoms with Crippen molar-refractivity contribution < 1.29 is 24.5 Å². The Morgan fingerprint density at radius 2 is 2.00 bits per heavy atom. The molecule has 182 valence electrons. The van der Waals surface area contributed by atoms with E-state index < -0.39 is 17.1 Å². The Balaban J connectivity index is 1.90. The van der Waals surface area contributed by atoms with Crippen LogP contribution in [0.15, 0.2) is 35.6 Å². The first-order chi connectivity index (χ1) is 15.3. The third-order valence-corrected chi connectivity index (χ3v) is 7.89. The molecule has 33 heavy (non-hydrogen) atoms. The van der Waals surface area contributed by atoms with E-state index in [1.54, 1.807) is 21.0 Å². The number of carbonyl (C=O) groups is 1. The molecule has 2 N–H and O–H groups in total. The summed E-state index contributed by atoms with van der Waals surface area (Å²) in [5, 5.41) is 21.2. The number of hydrogen-bond donors (Lipinski definition) is 2. The maximum absolute atomic E-state index is 13.3. The highest BCUT2D eigenvalue weighted by Crippen LogP contribution is 2.56. The maximum Gasteiger partial charge on any atom is 0.143 e. The summed E-state index contributed by atoms with van der Waals surface area (Å²) in [6.45, 7) is 11.6. The molecule has 0 amide bonds. The molecule has 5 heteroatoms. The molecule has 1 aromatic rings. The van der Waals surface area contributed by atoms with E-state index in [-0.39, 0.29) is 23.4 Å². The summed E-state index contributed by atoms with van der Waals surface area (Å²) in [6, 6.07) is 3.68. The number of hydrogen-bond acceptors (Lipinski definition) is 5. The number of phenols is 1. The highest BCUT2D eigenvalue weighted by atomic mass is 16.5. The van der Waals surface area contributed by atoms with E-state index in [9.17, 15) is 15.0 Å². The van der Waals surface area contributed by atoms with E-state index in [0.29, 0.717) is 12.8 Å². The second-order valence-electron chi connectivity index (χ2n) is 11.0. The monoisotopic (exact) mass is 456 g/mol. The van der Waals surface area contributed by atoms with E-state index in [1.165, 1.54) is 0 Å². The molecule has 0 aromatic heterocycles. The number of fused-ring (bicyclic) bond motifs is 1. The number of phenolic OH excluding ortho intramolecular Hbond substituents is 1. The Hall–Kier alpha value is -2.27. The van der Waals surface area contributed by atoms with Crippen LogP contribution < -0.4 is 4.74 Å². The van der Waals surface area contributed by atoms with Crippen LogP contribution >= 0.6 is 0 Å². The molecule has 1 heterocycles. The van der Waals surface area contributed by atoms with Crippen molar-refractivity contribution >= 4 is 5.78 Å². The quantitative estimate of drug-likeness (QED) is 0.529. The van der Waals surface area contributed by atoms with Gasteiger partial charge in [0.15, 0.2) is 0 Å². The summed E-state index contributed by atoms with van der Waals surface area (Å²) in [6.07, 6.45) is 7.88.